The number of non-ortho nitro benzene ring substituents is 2. The fourth-order valence-electron chi connectivity index (χ4n) is 2.97. The van der Waals surface area contributed by atoms with Gasteiger partial charge in [-0.3, -0.25) is 29.8 Å². The van der Waals surface area contributed by atoms with Gasteiger partial charge in [0.25, 0.3) is 11.4 Å². The Morgan fingerprint density at radius 2 is 0.981 bits per heavy atom. The molecule has 0 aliphatic rings. The SMILES string of the molecule is CC(=O)Oc1cc(Cl)c(Cl)cc1Cl.COC(=O)Oc1ccc([N+](=O)[O-])cc1.O=C(CI)Oc1cc(Cl)c(Cl)cc1Cl.O=C(Cl)Oc1ccc([N+](=O)[O-])cc1. The highest BCUT2D eigenvalue weighted by molar-refractivity contribution is 14.1. The molecule has 54 heavy (non-hydrogen) atoms. The second-order valence-corrected chi connectivity index (χ2v) is 12.5. The first-order chi connectivity index (χ1) is 25.3. The minimum absolute atomic E-state index is 0.0674. The molecule has 15 nitrogen and oxygen atoms in total. The lowest BCUT2D eigenvalue weighted by Crippen LogP contribution is -2.08. The van der Waals surface area contributed by atoms with E-state index in [1.54, 1.807) is 0 Å². The molecule has 0 N–H and O–H groups in total. The summed E-state index contributed by atoms with van der Waals surface area (Å²) in [5.41, 5.74) is -1.12. The first-order valence-electron chi connectivity index (χ1n) is 13.6. The van der Waals surface area contributed by atoms with Gasteiger partial charge < -0.3 is 23.7 Å². The van der Waals surface area contributed by atoms with Crippen LogP contribution in [-0.2, 0) is 14.3 Å². The molecule has 0 fully saturated rings. The van der Waals surface area contributed by atoms with E-state index in [1.807, 2.05) is 22.6 Å². The second-order valence-electron chi connectivity index (χ2n) is 8.99. The summed E-state index contributed by atoms with van der Waals surface area (Å²) in [7, 11) is 1.17. The van der Waals surface area contributed by atoms with E-state index in [2.05, 4.69) is 14.2 Å². The standard InChI is InChI=1S/C8H4Cl3IO2.C8H5Cl3O2.C8H7NO5.C7H4ClNO4/c9-4-1-6(11)7(2-5(4)10)14-8(13)3-12;1-4(12)13-8-3-6(10)5(9)2-7(8)11;1-13-8(10)14-7-4-2-6(3-5-7)9(11)12;8-7(10)13-6-3-1-5(2-4-6)9(11)12/h1-2H,3H2;2-3H,1H3;2-5H,1H3;1-4H. The van der Waals surface area contributed by atoms with Crippen molar-refractivity contribution in [1.82, 2.24) is 0 Å². The van der Waals surface area contributed by atoms with Gasteiger partial charge in [0, 0.05) is 54.9 Å². The lowest BCUT2D eigenvalue weighted by molar-refractivity contribution is -0.385. The van der Waals surface area contributed by atoms with Crippen molar-refractivity contribution in [2.45, 2.75) is 6.92 Å². The first-order valence-corrected chi connectivity index (χ1v) is 17.8. The zero-order chi connectivity index (χ0) is 41.1. The fraction of sp³-hybridized carbons (Fsp3) is 0.0968. The van der Waals surface area contributed by atoms with Crippen molar-refractivity contribution in [3.63, 3.8) is 0 Å². The minimum Gasteiger partial charge on any atom is -0.437 e. The van der Waals surface area contributed by atoms with Crippen molar-refractivity contribution in [3.05, 3.63) is 123 Å². The van der Waals surface area contributed by atoms with E-state index in [-0.39, 0.29) is 54.8 Å². The Morgan fingerprint density at radius 3 is 1.31 bits per heavy atom. The number of rotatable bonds is 7. The number of halogens is 8. The molecule has 4 rings (SSSR count). The summed E-state index contributed by atoms with van der Waals surface area (Å²) in [6.45, 7) is 1.28. The third kappa shape index (κ3) is 18.4. The summed E-state index contributed by atoms with van der Waals surface area (Å²) in [6, 6.07) is 15.8. The number of benzene rings is 4. The van der Waals surface area contributed by atoms with Gasteiger partial charge in [-0.25, -0.2) is 9.59 Å². The number of carbonyl (C=O) groups is 4. The molecule has 23 heteroatoms. The maximum Gasteiger partial charge on any atom is 0.513 e. The van der Waals surface area contributed by atoms with Gasteiger partial charge in [-0.05, 0) is 36.4 Å². The number of ether oxygens (including phenoxy) is 5. The third-order valence-electron chi connectivity index (χ3n) is 5.20. The first kappa shape index (κ1) is 48.1. The maximum absolute atomic E-state index is 11.0. The predicted octanol–water partition coefficient (Wildman–Crippen LogP) is 11.6. The number of esters is 2. The molecule has 0 unspecified atom stereocenters. The predicted molar refractivity (Wildman–Crippen MR) is 210 cm³/mol. The van der Waals surface area contributed by atoms with Gasteiger partial charge in [0.15, 0.2) is 11.5 Å². The molecule has 4 aromatic carbocycles. The van der Waals surface area contributed by atoms with E-state index in [0.29, 0.717) is 20.1 Å². The van der Waals surface area contributed by atoms with Crippen LogP contribution in [0.1, 0.15) is 6.92 Å². The van der Waals surface area contributed by atoms with E-state index >= 15 is 0 Å². The number of nitro groups is 2. The molecule has 0 bridgehead atoms. The van der Waals surface area contributed by atoms with E-state index in [1.165, 1.54) is 86.8 Å². The molecule has 0 aliphatic heterocycles. The molecule has 0 radical (unpaired) electrons. The van der Waals surface area contributed by atoms with Crippen molar-refractivity contribution in [2.24, 2.45) is 0 Å². The van der Waals surface area contributed by atoms with Gasteiger partial charge in [-0.1, -0.05) is 92.2 Å². The molecule has 0 atom stereocenters. The third-order valence-corrected chi connectivity index (χ3v) is 7.93. The van der Waals surface area contributed by atoms with Crippen LogP contribution in [0.4, 0.5) is 21.0 Å². The number of hydrogen-bond acceptors (Lipinski definition) is 13. The summed E-state index contributed by atoms with van der Waals surface area (Å²) in [5.74, 6) is -0.0365. The van der Waals surface area contributed by atoms with E-state index in [9.17, 15) is 39.4 Å². The van der Waals surface area contributed by atoms with Crippen LogP contribution in [0.25, 0.3) is 0 Å². The lowest BCUT2D eigenvalue weighted by atomic mass is 10.3. The molecule has 0 amide bonds. The topological polar surface area (TPSA) is 201 Å². The van der Waals surface area contributed by atoms with E-state index < -0.39 is 27.4 Å². The van der Waals surface area contributed by atoms with Crippen LogP contribution in [0.2, 0.25) is 30.1 Å². The molecule has 0 spiro atoms. The van der Waals surface area contributed by atoms with Crippen LogP contribution >= 0.6 is 104 Å². The van der Waals surface area contributed by atoms with Crippen molar-refractivity contribution in [1.29, 1.82) is 0 Å². The Balaban J connectivity index is 0.000000360. The highest BCUT2D eigenvalue weighted by Crippen LogP contribution is 2.35. The van der Waals surface area contributed by atoms with Crippen molar-refractivity contribution in [2.75, 3.05) is 11.5 Å². The highest BCUT2D eigenvalue weighted by atomic mass is 127. The average Bonchev–Trinajstić information content (AvgIpc) is 3.10. The molecular formula is C31H20Cl7IN2O13. The zero-order valence-corrected chi connectivity index (χ0v) is 34.3. The lowest BCUT2D eigenvalue weighted by Gasteiger charge is -2.05. The van der Waals surface area contributed by atoms with Crippen LogP contribution in [0.3, 0.4) is 0 Å². The second kappa shape index (κ2) is 24.5. The van der Waals surface area contributed by atoms with Gasteiger partial charge in [0.2, 0.25) is 0 Å². The normalized spacial score (nSPS) is 9.59. The number of carbonyl (C=O) groups excluding carboxylic acids is 4. The molecule has 288 valence electrons. The van der Waals surface area contributed by atoms with Gasteiger partial charge in [-0.2, -0.15) is 0 Å². The Hall–Kier alpha value is -3.88. The summed E-state index contributed by atoms with van der Waals surface area (Å²) in [5, 5.41) is 22.2. The van der Waals surface area contributed by atoms with Crippen LogP contribution in [-0.4, -0.2) is 44.9 Å². The van der Waals surface area contributed by atoms with Crippen molar-refractivity contribution in [3.8, 4) is 23.0 Å². The maximum atomic E-state index is 11.0. The van der Waals surface area contributed by atoms with Gasteiger partial charge in [0.1, 0.15) is 11.5 Å². The van der Waals surface area contributed by atoms with Gasteiger partial charge in [0.05, 0.1) is 51.5 Å². The largest absolute Gasteiger partial charge is 0.513 e. The Bertz CT molecular complexity index is 1970. The highest BCUT2D eigenvalue weighted by Gasteiger charge is 2.11. The Morgan fingerprint density at radius 1 is 0.611 bits per heavy atom. The molecule has 4 aromatic rings. The smallest absolute Gasteiger partial charge is 0.437 e. The summed E-state index contributed by atoms with van der Waals surface area (Å²) < 4.78 is 23.2. The minimum atomic E-state index is -0.978. The van der Waals surface area contributed by atoms with Gasteiger partial charge in [-0.15, -0.1) is 0 Å². The molecule has 0 saturated carbocycles. The van der Waals surface area contributed by atoms with Crippen LogP contribution < -0.4 is 18.9 Å². The quantitative estimate of drug-likeness (QED) is 0.0195. The van der Waals surface area contributed by atoms with Crippen molar-refractivity contribution < 1.29 is 52.7 Å². The Kier molecular flexibility index (Phi) is 21.9. The molecule has 0 heterocycles. The van der Waals surface area contributed by atoms with Crippen LogP contribution in [0.15, 0.2) is 72.8 Å². The zero-order valence-electron chi connectivity index (χ0n) is 26.9. The number of alkyl halides is 1. The average molecular weight is 1000 g/mol. The number of nitrogens with zero attached hydrogens (tertiary/aromatic N) is 2. The summed E-state index contributed by atoms with van der Waals surface area (Å²) >= 11 is 41.1. The molecular weight excluding hydrogens is 983 g/mol. The van der Waals surface area contributed by atoms with Crippen molar-refractivity contribution >= 4 is 139 Å². The number of hydrogen-bond donors (Lipinski definition) is 0. The van der Waals surface area contributed by atoms with Crippen LogP contribution in [0, 0.1) is 20.2 Å². The van der Waals surface area contributed by atoms with Gasteiger partial charge >= 0.3 is 23.5 Å². The number of methoxy groups -OCH3 is 1. The number of nitro benzene ring substituents is 2. The molecule has 0 aromatic heterocycles. The van der Waals surface area contributed by atoms with E-state index in [4.69, 9.17) is 90.7 Å². The molecule has 0 aliphatic carbocycles. The van der Waals surface area contributed by atoms with Crippen LogP contribution in [0.5, 0.6) is 23.0 Å². The summed E-state index contributed by atoms with van der Waals surface area (Å²) in [4.78, 5) is 61.8. The summed E-state index contributed by atoms with van der Waals surface area (Å²) in [6.07, 6.45) is -0.862. The Labute approximate surface area is 353 Å². The van der Waals surface area contributed by atoms with E-state index in [0.717, 1.165) is 0 Å². The monoisotopic (exact) mass is 1000 g/mol. The molecule has 0 saturated heterocycles. The fourth-order valence-corrected chi connectivity index (χ4v) is 4.37.